The molecule has 2 heteroatoms. The Bertz CT molecular complexity index is 578. The van der Waals surface area contributed by atoms with Crippen LogP contribution in [0.3, 0.4) is 0 Å². The molecule has 0 aliphatic heterocycles. The van der Waals surface area contributed by atoms with Gasteiger partial charge in [-0.1, -0.05) is 53.3 Å². The number of anilines is 1. The molecular formula is C21H31N2+. The predicted octanol–water partition coefficient (Wildman–Crippen LogP) is 5.58. The van der Waals surface area contributed by atoms with Gasteiger partial charge in [0.2, 0.25) is 5.69 Å². The summed E-state index contributed by atoms with van der Waals surface area (Å²) in [5.74, 6) is 0. The molecule has 0 aliphatic rings. The fourth-order valence-electron chi connectivity index (χ4n) is 2.02. The number of nitrogen functional groups attached to an aromatic ring is 1. The lowest BCUT2D eigenvalue weighted by atomic mass is 10.0. The zero-order valence-corrected chi connectivity index (χ0v) is 15.2. The molecule has 2 nitrogen and oxygen atoms in total. The van der Waals surface area contributed by atoms with Gasteiger partial charge in [-0.05, 0) is 29.7 Å². The van der Waals surface area contributed by atoms with Gasteiger partial charge in [0.05, 0.1) is 0 Å². The van der Waals surface area contributed by atoms with Crippen molar-refractivity contribution >= 4 is 11.3 Å². The highest BCUT2D eigenvalue weighted by atomic mass is 14.9. The number of nitrogens with two attached hydrogens (primary N) is 1. The number of rotatable bonds is 4. The van der Waals surface area contributed by atoms with E-state index in [4.69, 9.17) is 5.73 Å². The molecule has 0 amide bonds. The molecule has 1 aromatic carbocycles. The fraction of sp³-hybridized carbons (Fsp3) is 0.286. The zero-order chi connectivity index (χ0) is 17.7. The lowest BCUT2D eigenvalue weighted by molar-refractivity contribution is -0.595. The summed E-state index contributed by atoms with van der Waals surface area (Å²) in [6.07, 6.45) is 9.02. The number of allylic oxidation sites excluding steroid dienone is 3. The quantitative estimate of drug-likeness (QED) is 0.446. The van der Waals surface area contributed by atoms with Crippen LogP contribution in [0, 0.1) is 0 Å². The van der Waals surface area contributed by atoms with Crippen molar-refractivity contribution in [2.75, 3.05) is 5.73 Å². The summed E-state index contributed by atoms with van der Waals surface area (Å²) in [5.41, 5.74) is 10.1. The van der Waals surface area contributed by atoms with Crippen molar-refractivity contribution in [3.8, 4) is 5.69 Å². The molecule has 1 heterocycles. The molecule has 0 unspecified atom stereocenters. The second kappa shape index (κ2) is 12.2. The second-order valence-corrected chi connectivity index (χ2v) is 4.37. The van der Waals surface area contributed by atoms with Gasteiger partial charge >= 0.3 is 0 Å². The maximum Gasteiger partial charge on any atom is 0.210 e. The van der Waals surface area contributed by atoms with Crippen LogP contribution in [-0.4, -0.2) is 0 Å². The van der Waals surface area contributed by atoms with Crippen LogP contribution in [0.2, 0.25) is 0 Å². The number of hydrogen-bond acceptors (Lipinski definition) is 1. The number of nitrogens with zero attached hydrogens (tertiary/aromatic N) is 1. The van der Waals surface area contributed by atoms with E-state index >= 15 is 0 Å². The van der Waals surface area contributed by atoms with Gasteiger partial charge in [-0.15, -0.1) is 0 Å². The zero-order valence-electron chi connectivity index (χ0n) is 15.2. The third kappa shape index (κ3) is 6.52. The molecule has 1 aromatic heterocycles. The Balaban J connectivity index is 0.00000112. The first-order valence-electron chi connectivity index (χ1n) is 8.43. The molecule has 0 radical (unpaired) electrons. The van der Waals surface area contributed by atoms with Crippen molar-refractivity contribution in [1.29, 1.82) is 0 Å². The van der Waals surface area contributed by atoms with Crippen LogP contribution in [-0.2, 0) is 0 Å². The highest BCUT2D eigenvalue weighted by molar-refractivity contribution is 5.66. The molecule has 2 aromatic rings. The van der Waals surface area contributed by atoms with Crippen molar-refractivity contribution < 1.29 is 4.57 Å². The molecular weight excluding hydrogens is 280 g/mol. The van der Waals surface area contributed by atoms with Crippen LogP contribution in [0.4, 0.5) is 5.69 Å². The molecule has 0 aliphatic carbocycles. The SMILES string of the molecule is C=C/C=C(\CC)c1cc[n+](-c2ccc(N)cc2)cc1.CC.CC. The molecule has 0 spiro atoms. The number of pyridine rings is 1. The molecule has 0 saturated heterocycles. The van der Waals surface area contributed by atoms with E-state index in [0.29, 0.717) is 0 Å². The number of benzene rings is 1. The van der Waals surface area contributed by atoms with Crippen molar-refractivity contribution in [2.45, 2.75) is 41.0 Å². The minimum absolute atomic E-state index is 0.781. The number of hydrogen-bond donors (Lipinski definition) is 1. The Hall–Kier alpha value is -2.35. The van der Waals surface area contributed by atoms with Crippen molar-refractivity contribution in [3.63, 3.8) is 0 Å². The average molecular weight is 311 g/mol. The van der Waals surface area contributed by atoms with Gasteiger partial charge in [0.15, 0.2) is 12.4 Å². The standard InChI is InChI=1S/C17H19N2.2C2H6/c1-3-5-14(4-2)15-10-12-19(13-11-15)17-8-6-16(18)7-9-17;2*1-2/h3,5-13H,1,4,18H2,2H3;2*1-2H3/q+1;;/b14-5+;;. The summed E-state index contributed by atoms with van der Waals surface area (Å²) in [7, 11) is 0. The molecule has 0 saturated carbocycles. The Labute approximate surface area is 142 Å². The monoisotopic (exact) mass is 311 g/mol. The van der Waals surface area contributed by atoms with Gasteiger partial charge in [-0.2, -0.15) is 4.57 Å². The molecule has 0 fully saturated rings. The third-order valence-corrected chi connectivity index (χ3v) is 3.09. The van der Waals surface area contributed by atoms with Gasteiger partial charge in [0.1, 0.15) is 0 Å². The topological polar surface area (TPSA) is 29.9 Å². The second-order valence-electron chi connectivity index (χ2n) is 4.37. The summed E-state index contributed by atoms with van der Waals surface area (Å²) in [6.45, 7) is 13.9. The molecule has 23 heavy (non-hydrogen) atoms. The molecule has 0 bridgehead atoms. The van der Waals surface area contributed by atoms with E-state index in [0.717, 1.165) is 17.8 Å². The van der Waals surface area contributed by atoms with Crippen LogP contribution < -0.4 is 10.3 Å². The summed E-state index contributed by atoms with van der Waals surface area (Å²) in [4.78, 5) is 0. The fourth-order valence-corrected chi connectivity index (χ4v) is 2.02. The Morgan fingerprint density at radius 3 is 1.96 bits per heavy atom. The predicted molar refractivity (Wildman–Crippen MR) is 104 cm³/mol. The van der Waals surface area contributed by atoms with Crippen LogP contribution in [0.15, 0.2) is 67.5 Å². The van der Waals surface area contributed by atoms with Gasteiger partial charge < -0.3 is 5.73 Å². The van der Waals surface area contributed by atoms with E-state index in [2.05, 4.69) is 48.7 Å². The summed E-state index contributed by atoms with van der Waals surface area (Å²) >= 11 is 0. The van der Waals surface area contributed by atoms with E-state index in [9.17, 15) is 0 Å². The van der Waals surface area contributed by atoms with Crippen molar-refractivity contribution in [1.82, 2.24) is 0 Å². The number of aromatic nitrogens is 1. The average Bonchev–Trinajstić information content (AvgIpc) is 2.64. The van der Waals surface area contributed by atoms with Gasteiger partial charge in [0.25, 0.3) is 0 Å². The molecule has 0 atom stereocenters. The maximum absolute atomic E-state index is 5.69. The summed E-state index contributed by atoms with van der Waals surface area (Å²) in [5, 5.41) is 0. The first-order chi connectivity index (χ1) is 11.2. The Morgan fingerprint density at radius 2 is 1.52 bits per heavy atom. The van der Waals surface area contributed by atoms with Crippen molar-refractivity contribution in [2.24, 2.45) is 0 Å². The molecule has 2 N–H and O–H groups in total. The lowest BCUT2D eigenvalue weighted by Crippen LogP contribution is -2.29. The molecule has 2 rings (SSSR count). The smallest absolute Gasteiger partial charge is 0.210 e. The highest BCUT2D eigenvalue weighted by Gasteiger charge is 2.06. The lowest BCUT2D eigenvalue weighted by Gasteiger charge is -2.03. The van der Waals surface area contributed by atoms with E-state index in [-0.39, 0.29) is 0 Å². The third-order valence-electron chi connectivity index (χ3n) is 3.09. The van der Waals surface area contributed by atoms with Crippen molar-refractivity contribution in [3.05, 3.63) is 73.1 Å². The minimum atomic E-state index is 0.781. The van der Waals surface area contributed by atoms with Gasteiger partial charge in [-0.25, -0.2) is 0 Å². The van der Waals surface area contributed by atoms with E-state index in [1.807, 2.05) is 58.0 Å². The van der Waals surface area contributed by atoms with E-state index in [1.165, 1.54) is 11.1 Å². The van der Waals surface area contributed by atoms with E-state index < -0.39 is 0 Å². The summed E-state index contributed by atoms with van der Waals surface area (Å²) < 4.78 is 2.07. The maximum atomic E-state index is 5.69. The normalized spacial score (nSPS) is 9.87. The first kappa shape index (κ1) is 20.6. The first-order valence-corrected chi connectivity index (χ1v) is 8.43. The van der Waals surface area contributed by atoms with Gasteiger partial charge in [-0.3, -0.25) is 0 Å². The van der Waals surface area contributed by atoms with E-state index in [1.54, 1.807) is 0 Å². The largest absolute Gasteiger partial charge is 0.399 e. The Kier molecular flexibility index (Phi) is 11.0. The van der Waals surface area contributed by atoms with Crippen LogP contribution in [0.1, 0.15) is 46.6 Å². The minimum Gasteiger partial charge on any atom is -0.399 e. The van der Waals surface area contributed by atoms with Crippen LogP contribution in [0.5, 0.6) is 0 Å². The van der Waals surface area contributed by atoms with Crippen LogP contribution >= 0.6 is 0 Å². The highest BCUT2D eigenvalue weighted by Crippen LogP contribution is 2.16. The van der Waals surface area contributed by atoms with Crippen LogP contribution in [0.25, 0.3) is 11.3 Å². The van der Waals surface area contributed by atoms with Gasteiger partial charge in [0, 0.05) is 30.0 Å². The summed E-state index contributed by atoms with van der Waals surface area (Å²) in [6, 6.07) is 12.1. The Morgan fingerprint density at radius 1 is 1.00 bits per heavy atom. The molecule has 124 valence electrons.